The molecule has 1 amide bonds. The highest BCUT2D eigenvalue weighted by atomic mass is 32.2. The van der Waals surface area contributed by atoms with Crippen molar-refractivity contribution in [2.45, 2.75) is 49.7 Å². The molecule has 0 aliphatic carbocycles. The lowest BCUT2D eigenvalue weighted by molar-refractivity contribution is -0.124. The number of benzene rings is 2. The summed E-state index contributed by atoms with van der Waals surface area (Å²) < 4.78 is 19.7. The summed E-state index contributed by atoms with van der Waals surface area (Å²) in [6, 6.07) is 16.0. The van der Waals surface area contributed by atoms with Gasteiger partial charge in [0.1, 0.15) is 18.2 Å². The number of hydrogen-bond donors (Lipinski definition) is 2. The van der Waals surface area contributed by atoms with E-state index in [-0.39, 0.29) is 23.8 Å². The molecule has 34 heavy (non-hydrogen) atoms. The molecule has 0 saturated carbocycles. The van der Waals surface area contributed by atoms with Crippen LogP contribution in [-0.4, -0.2) is 35.3 Å². The molecular weight excluding hydrogens is 449 g/mol. The number of halogens is 1. The summed E-state index contributed by atoms with van der Waals surface area (Å²) in [6.07, 6.45) is 6.34. The molecule has 7 heteroatoms. The molecule has 0 unspecified atom stereocenters. The first-order valence-corrected chi connectivity index (χ1v) is 12.7. The Morgan fingerprint density at radius 2 is 2.03 bits per heavy atom. The van der Waals surface area contributed by atoms with Crippen molar-refractivity contribution < 1.29 is 13.9 Å². The molecule has 2 N–H and O–H groups in total. The fourth-order valence-corrected chi connectivity index (χ4v) is 4.86. The van der Waals surface area contributed by atoms with Crippen LogP contribution in [0, 0.1) is 5.82 Å². The van der Waals surface area contributed by atoms with Crippen molar-refractivity contribution in [3.63, 3.8) is 0 Å². The van der Waals surface area contributed by atoms with E-state index in [2.05, 4.69) is 21.7 Å². The summed E-state index contributed by atoms with van der Waals surface area (Å²) in [5.41, 5.74) is 2.82. The largest absolute Gasteiger partial charge is 0.491 e. The van der Waals surface area contributed by atoms with Gasteiger partial charge >= 0.3 is 0 Å². The number of rotatable bonds is 3. The van der Waals surface area contributed by atoms with Crippen LogP contribution in [0.3, 0.4) is 0 Å². The number of pyridine rings is 1. The Kier molecular flexibility index (Phi) is 8.55. The van der Waals surface area contributed by atoms with E-state index in [0.29, 0.717) is 19.6 Å². The van der Waals surface area contributed by atoms with Crippen LogP contribution < -0.4 is 15.4 Å². The maximum atomic E-state index is 13.5. The molecule has 3 aromatic rings. The number of nitrogens with one attached hydrogen (secondary N) is 2. The average molecular weight is 480 g/mol. The number of para-hydroxylation sites is 1. The fraction of sp³-hybridized carbons (Fsp3) is 0.333. The molecule has 178 valence electrons. The zero-order chi connectivity index (χ0) is 23.8. The van der Waals surface area contributed by atoms with Crippen LogP contribution in [0.2, 0.25) is 0 Å². The molecule has 0 radical (unpaired) electrons. The lowest BCUT2D eigenvalue weighted by atomic mass is 10.1. The van der Waals surface area contributed by atoms with Gasteiger partial charge in [0.25, 0.3) is 0 Å². The summed E-state index contributed by atoms with van der Waals surface area (Å²) in [5, 5.41) is 6.40. The molecule has 2 aromatic carbocycles. The third kappa shape index (κ3) is 6.81. The monoisotopic (exact) mass is 479 g/mol. The van der Waals surface area contributed by atoms with Crippen molar-refractivity contribution in [3.05, 3.63) is 78.4 Å². The molecule has 5 nitrogen and oxygen atoms in total. The van der Waals surface area contributed by atoms with E-state index < -0.39 is 0 Å². The molecule has 1 aliphatic heterocycles. The normalized spacial score (nSPS) is 19.5. The number of thioether (sulfide) groups is 1. The maximum absolute atomic E-state index is 13.5. The van der Waals surface area contributed by atoms with Gasteiger partial charge < -0.3 is 15.4 Å². The first-order valence-electron chi connectivity index (χ1n) is 11.7. The van der Waals surface area contributed by atoms with Gasteiger partial charge in [-0.05, 0) is 55.3 Å². The van der Waals surface area contributed by atoms with Crippen LogP contribution in [0.4, 0.5) is 4.39 Å². The van der Waals surface area contributed by atoms with Crippen molar-refractivity contribution >= 4 is 17.7 Å². The summed E-state index contributed by atoms with van der Waals surface area (Å²) in [7, 11) is 0. The molecule has 1 aromatic heterocycles. The third-order valence-electron chi connectivity index (χ3n) is 5.70. The lowest BCUT2D eigenvalue weighted by Gasteiger charge is -2.22. The molecular formula is C27H30FN3O2S. The minimum absolute atomic E-state index is 0.0602. The Bertz CT molecular complexity index is 1110. The van der Waals surface area contributed by atoms with Gasteiger partial charge in [0, 0.05) is 35.0 Å². The van der Waals surface area contributed by atoms with Crippen molar-refractivity contribution in [1.82, 2.24) is 15.6 Å². The van der Waals surface area contributed by atoms with Crippen LogP contribution >= 0.6 is 11.8 Å². The van der Waals surface area contributed by atoms with Crippen LogP contribution in [0.25, 0.3) is 11.1 Å². The highest BCUT2D eigenvalue weighted by Gasteiger charge is 2.20. The van der Waals surface area contributed by atoms with Crippen LogP contribution in [0.15, 0.2) is 71.9 Å². The zero-order valence-electron chi connectivity index (χ0n) is 19.3. The highest BCUT2D eigenvalue weighted by molar-refractivity contribution is 7.99. The fourth-order valence-electron chi connectivity index (χ4n) is 3.93. The number of nitrogens with zero attached hydrogens (tertiary/aromatic N) is 1. The predicted octanol–water partition coefficient (Wildman–Crippen LogP) is 5.21. The number of ether oxygens (including phenoxy) is 1. The van der Waals surface area contributed by atoms with Crippen LogP contribution in [0.1, 0.15) is 31.7 Å². The van der Waals surface area contributed by atoms with Crippen molar-refractivity contribution in [1.29, 1.82) is 0 Å². The number of carbonyl (C=O) groups excluding carboxylic acids is 1. The van der Waals surface area contributed by atoms with Gasteiger partial charge in [-0.3, -0.25) is 9.78 Å². The van der Waals surface area contributed by atoms with E-state index in [9.17, 15) is 9.18 Å². The lowest BCUT2D eigenvalue weighted by Crippen LogP contribution is -2.48. The smallest absolute Gasteiger partial charge is 0.237 e. The Morgan fingerprint density at radius 3 is 2.91 bits per heavy atom. The summed E-state index contributed by atoms with van der Waals surface area (Å²) >= 11 is 1.77. The second-order valence-corrected chi connectivity index (χ2v) is 9.70. The van der Waals surface area contributed by atoms with Crippen molar-refractivity contribution in [3.8, 4) is 16.9 Å². The Balaban J connectivity index is 1.49. The molecule has 0 spiro atoms. The van der Waals surface area contributed by atoms with Gasteiger partial charge in [-0.1, -0.05) is 36.8 Å². The predicted molar refractivity (Wildman–Crippen MR) is 134 cm³/mol. The number of aromatic nitrogens is 1. The molecule has 4 rings (SSSR count). The van der Waals surface area contributed by atoms with Crippen LogP contribution in [-0.2, 0) is 11.3 Å². The Morgan fingerprint density at radius 1 is 1.15 bits per heavy atom. The quantitative estimate of drug-likeness (QED) is 0.540. The first-order chi connectivity index (χ1) is 16.6. The van der Waals surface area contributed by atoms with E-state index in [4.69, 9.17) is 4.74 Å². The Hall–Kier alpha value is -2.90. The molecule has 2 atom stereocenters. The van der Waals surface area contributed by atoms with Crippen LogP contribution in [0.5, 0.6) is 5.75 Å². The Labute approximate surface area is 204 Å². The van der Waals surface area contributed by atoms with E-state index >= 15 is 0 Å². The molecule has 2 bridgehead atoms. The second kappa shape index (κ2) is 12.0. The van der Waals surface area contributed by atoms with Gasteiger partial charge in [-0.2, -0.15) is 0 Å². The third-order valence-corrected chi connectivity index (χ3v) is 6.75. The summed E-state index contributed by atoms with van der Waals surface area (Å²) in [6.45, 7) is 2.72. The zero-order valence-corrected chi connectivity index (χ0v) is 20.1. The van der Waals surface area contributed by atoms with Gasteiger partial charge in [-0.25, -0.2) is 4.39 Å². The van der Waals surface area contributed by atoms with Gasteiger partial charge in [0.15, 0.2) is 0 Å². The highest BCUT2D eigenvalue weighted by Crippen LogP contribution is 2.32. The van der Waals surface area contributed by atoms with E-state index in [0.717, 1.165) is 45.9 Å². The molecule has 2 heterocycles. The number of amides is 1. The van der Waals surface area contributed by atoms with E-state index in [1.165, 1.54) is 12.1 Å². The number of fused-ring (bicyclic) bond motifs is 4. The minimum Gasteiger partial charge on any atom is -0.491 e. The summed E-state index contributed by atoms with van der Waals surface area (Å²) in [4.78, 5) is 18.6. The standard InChI is InChI=1S/C27H30FN3O2S/c1-19-18-33-26-11-3-2-9-24(26)21-14-23(17-29-16-21)34-12-5-4-10-25(27(32)31-19)30-15-20-7-6-8-22(28)13-20/h2-3,6-9,11,13-14,16-17,19,25,30H,4-5,10,12,15,18H2,1H3,(H,31,32)/t19-,25+/m1/s1. The van der Waals surface area contributed by atoms with Gasteiger partial charge in [0.05, 0.1) is 12.1 Å². The van der Waals surface area contributed by atoms with Crippen molar-refractivity contribution in [2.75, 3.05) is 12.4 Å². The van der Waals surface area contributed by atoms with E-state index in [1.807, 2.05) is 49.6 Å². The molecule has 0 saturated heterocycles. The minimum atomic E-state index is -0.360. The molecule has 1 aliphatic rings. The number of hydrogen-bond acceptors (Lipinski definition) is 5. The van der Waals surface area contributed by atoms with Gasteiger partial charge in [-0.15, -0.1) is 11.8 Å². The molecule has 0 fully saturated rings. The second-order valence-electron chi connectivity index (χ2n) is 8.53. The van der Waals surface area contributed by atoms with Crippen molar-refractivity contribution in [2.24, 2.45) is 0 Å². The maximum Gasteiger partial charge on any atom is 0.237 e. The average Bonchev–Trinajstić information content (AvgIpc) is 2.84. The first kappa shape index (κ1) is 24.2. The topological polar surface area (TPSA) is 63.2 Å². The SMILES string of the molecule is C[C@@H]1COc2ccccc2-c2cncc(c2)SCCCC[C@H](NCc2cccc(F)c2)C(=O)N1. The number of carbonyl (C=O) groups is 1. The van der Waals surface area contributed by atoms with E-state index in [1.54, 1.807) is 17.8 Å². The summed E-state index contributed by atoms with van der Waals surface area (Å²) in [5.74, 6) is 1.37. The van der Waals surface area contributed by atoms with Gasteiger partial charge in [0.2, 0.25) is 5.91 Å².